The molecule has 1 fully saturated rings. The van der Waals surface area contributed by atoms with Gasteiger partial charge in [0, 0.05) is 19.9 Å². The van der Waals surface area contributed by atoms with Gasteiger partial charge in [-0.3, -0.25) is 0 Å². The third-order valence-electron chi connectivity index (χ3n) is 3.27. The highest BCUT2D eigenvalue weighted by Crippen LogP contribution is 2.18. The van der Waals surface area contributed by atoms with Gasteiger partial charge < -0.3 is 9.64 Å². The Balaban J connectivity index is 2.01. The van der Waals surface area contributed by atoms with Crippen LogP contribution in [-0.4, -0.2) is 31.3 Å². The SMILES string of the molecule is CC(C)Cc1ccc(N(C)C2CCOC2)nc1. The number of rotatable bonds is 4. The van der Waals surface area contributed by atoms with Crippen molar-refractivity contribution >= 4 is 5.82 Å². The maximum atomic E-state index is 5.41. The monoisotopic (exact) mass is 234 g/mol. The standard InChI is InChI=1S/C14H22N2O/c1-11(2)8-12-4-5-14(15-9-12)16(3)13-6-7-17-10-13/h4-5,9,11,13H,6-8,10H2,1-3H3. The molecule has 17 heavy (non-hydrogen) atoms. The second kappa shape index (κ2) is 5.50. The highest BCUT2D eigenvalue weighted by atomic mass is 16.5. The molecule has 3 heteroatoms. The summed E-state index contributed by atoms with van der Waals surface area (Å²) in [6.45, 7) is 6.16. The summed E-state index contributed by atoms with van der Waals surface area (Å²) < 4.78 is 5.41. The zero-order valence-electron chi connectivity index (χ0n) is 11.0. The number of hydrogen-bond donors (Lipinski definition) is 0. The lowest BCUT2D eigenvalue weighted by atomic mass is 10.1. The van der Waals surface area contributed by atoms with Crippen molar-refractivity contribution in [3.05, 3.63) is 23.9 Å². The molecule has 0 spiro atoms. The maximum Gasteiger partial charge on any atom is 0.128 e. The highest BCUT2D eigenvalue weighted by molar-refractivity contribution is 5.39. The molecule has 0 aromatic carbocycles. The Kier molecular flexibility index (Phi) is 4.00. The van der Waals surface area contributed by atoms with E-state index in [1.54, 1.807) is 0 Å². The first-order chi connectivity index (χ1) is 8.16. The van der Waals surface area contributed by atoms with Gasteiger partial charge in [0.05, 0.1) is 12.6 Å². The molecule has 1 saturated heterocycles. The Morgan fingerprint density at radius 3 is 2.82 bits per heavy atom. The molecule has 0 amide bonds. The summed E-state index contributed by atoms with van der Waals surface area (Å²) in [6, 6.07) is 4.79. The van der Waals surface area contributed by atoms with Crippen LogP contribution in [0.4, 0.5) is 5.82 Å². The Labute approximate surface area is 104 Å². The highest BCUT2D eigenvalue weighted by Gasteiger charge is 2.21. The van der Waals surface area contributed by atoms with Gasteiger partial charge >= 0.3 is 0 Å². The van der Waals surface area contributed by atoms with Crippen LogP contribution in [0.3, 0.4) is 0 Å². The quantitative estimate of drug-likeness (QED) is 0.800. The van der Waals surface area contributed by atoms with Crippen LogP contribution in [0, 0.1) is 5.92 Å². The lowest BCUT2D eigenvalue weighted by Gasteiger charge is -2.24. The van der Waals surface area contributed by atoms with Gasteiger partial charge in [-0.05, 0) is 30.4 Å². The van der Waals surface area contributed by atoms with E-state index in [1.165, 1.54) is 5.56 Å². The maximum absolute atomic E-state index is 5.41. The second-order valence-electron chi connectivity index (χ2n) is 5.25. The molecule has 0 aliphatic carbocycles. The molecule has 1 unspecified atom stereocenters. The molecule has 3 nitrogen and oxygen atoms in total. The molecule has 2 heterocycles. The normalized spacial score (nSPS) is 19.9. The number of anilines is 1. The second-order valence-corrected chi connectivity index (χ2v) is 5.25. The average molecular weight is 234 g/mol. The predicted molar refractivity (Wildman–Crippen MR) is 70.4 cm³/mol. The third kappa shape index (κ3) is 3.19. The fraction of sp³-hybridized carbons (Fsp3) is 0.643. The van der Waals surface area contributed by atoms with Crippen molar-refractivity contribution in [1.29, 1.82) is 0 Å². The average Bonchev–Trinajstić information content (AvgIpc) is 2.82. The number of nitrogens with zero attached hydrogens (tertiary/aromatic N) is 2. The van der Waals surface area contributed by atoms with Crippen molar-refractivity contribution in [1.82, 2.24) is 4.98 Å². The lowest BCUT2D eigenvalue weighted by molar-refractivity contribution is 0.193. The van der Waals surface area contributed by atoms with Crippen molar-refractivity contribution in [3.8, 4) is 0 Å². The minimum absolute atomic E-state index is 0.485. The summed E-state index contributed by atoms with van der Waals surface area (Å²) in [6.07, 6.45) is 4.21. The van der Waals surface area contributed by atoms with Crippen LogP contribution in [0.15, 0.2) is 18.3 Å². The van der Waals surface area contributed by atoms with Crippen LogP contribution in [0.1, 0.15) is 25.8 Å². The lowest BCUT2D eigenvalue weighted by Crippen LogP contribution is -2.32. The molecule has 0 bridgehead atoms. The van der Waals surface area contributed by atoms with E-state index in [0.29, 0.717) is 12.0 Å². The molecule has 1 atom stereocenters. The van der Waals surface area contributed by atoms with Crippen molar-refractivity contribution in [2.45, 2.75) is 32.7 Å². The molecular weight excluding hydrogens is 212 g/mol. The third-order valence-corrected chi connectivity index (χ3v) is 3.27. The van der Waals surface area contributed by atoms with Crippen LogP contribution < -0.4 is 4.90 Å². The molecule has 1 aromatic rings. The van der Waals surface area contributed by atoms with Gasteiger partial charge in [0.25, 0.3) is 0 Å². The molecule has 0 radical (unpaired) electrons. The van der Waals surface area contributed by atoms with Gasteiger partial charge in [-0.25, -0.2) is 4.98 Å². The van der Waals surface area contributed by atoms with E-state index in [4.69, 9.17) is 4.74 Å². The molecule has 1 aliphatic rings. The van der Waals surface area contributed by atoms with Crippen LogP contribution in [0.5, 0.6) is 0 Å². The van der Waals surface area contributed by atoms with Crippen LogP contribution in [-0.2, 0) is 11.2 Å². The number of hydrogen-bond acceptors (Lipinski definition) is 3. The van der Waals surface area contributed by atoms with E-state index in [9.17, 15) is 0 Å². The van der Waals surface area contributed by atoms with Gasteiger partial charge in [-0.15, -0.1) is 0 Å². The fourth-order valence-electron chi connectivity index (χ4n) is 2.23. The van der Waals surface area contributed by atoms with Gasteiger partial charge in [-0.2, -0.15) is 0 Å². The Morgan fingerprint density at radius 1 is 1.47 bits per heavy atom. The summed E-state index contributed by atoms with van der Waals surface area (Å²) in [4.78, 5) is 6.77. The van der Waals surface area contributed by atoms with Crippen LogP contribution in [0.25, 0.3) is 0 Å². The van der Waals surface area contributed by atoms with Gasteiger partial charge in [0.1, 0.15) is 5.82 Å². The molecule has 1 aliphatic heterocycles. The minimum atomic E-state index is 0.485. The minimum Gasteiger partial charge on any atom is -0.379 e. The summed E-state index contributed by atoms with van der Waals surface area (Å²) in [5.74, 6) is 1.73. The first-order valence-corrected chi connectivity index (χ1v) is 6.42. The molecule has 0 N–H and O–H groups in total. The van der Waals surface area contributed by atoms with E-state index >= 15 is 0 Å². The van der Waals surface area contributed by atoms with E-state index < -0.39 is 0 Å². The fourth-order valence-corrected chi connectivity index (χ4v) is 2.23. The van der Waals surface area contributed by atoms with E-state index in [0.717, 1.165) is 31.9 Å². The summed E-state index contributed by atoms with van der Waals surface area (Å²) in [5, 5.41) is 0. The zero-order chi connectivity index (χ0) is 12.3. The Bertz CT molecular complexity index is 342. The first-order valence-electron chi connectivity index (χ1n) is 6.42. The van der Waals surface area contributed by atoms with Crippen LogP contribution >= 0.6 is 0 Å². The van der Waals surface area contributed by atoms with Crippen molar-refractivity contribution in [2.75, 3.05) is 25.2 Å². The molecule has 1 aromatic heterocycles. The smallest absolute Gasteiger partial charge is 0.128 e. The first kappa shape index (κ1) is 12.4. The van der Waals surface area contributed by atoms with E-state index in [1.807, 2.05) is 6.20 Å². The van der Waals surface area contributed by atoms with Crippen molar-refractivity contribution < 1.29 is 4.74 Å². The van der Waals surface area contributed by atoms with E-state index in [2.05, 4.69) is 42.9 Å². The summed E-state index contributed by atoms with van der Waals surface area (Å²) >= 11 is 0. The molecule has 2 rings (SSSR count). The van der Waals surface area contributed by atoms with Gasteiger partial charge in [0.2, 0.25) is 0 Å². The largest absolute Gasteiger partial charge is 0.379 e. The van der Waals surface area contributed by atoms with Crippen molar-refractivity contribution in [3.63, 3.8) is 0 Å². The number of pyridine rings is 1. The predicted octanol–water partition coefficient (Wildman–Crippen LogP) is 2.51. The Morgan fingerprint density at radius 2 is 2.29 bits per heavy atom. The topological polar surface area (TPSA) is 25.4 Å². The number of aromatic nitrogens is 1. The molecule has 0 saturated carbocycles. The van der Waals surface area contributed by atoms with E-state index in [-0.39, 0.29) is 0 Å². The number of ether oxygens (including phenoxy) is 1. The number of likely N-dealkylation sites (N-methyl/N-ethyl adjacent to an activating group) is 1. The Hall–Kier alpha value is -1.09. The zero-order valence-corrected chi connectivity index (χ0v) is 11.0. The summed E-state index contributed by atoms with van der Waals surface area (Å²) in [5.41, 5.74) is 1.32. The summed E-state index contributed by atoms with van der Waals surface area (Å²) in [7, 11) is 2.10. The van der Waals surface area contributed by atoms with Crippen molar-refractivity contribution in [2.24, 2.45) is 5.92 Å². The van der Waals surface area contributed by atoms with Gasteiger partial charge in [-0.1, -0.05) is 19.9 Å². The molecular formula is C14H22N2O. The van der Waals surface area contributed by atoms with Gasteiger partial charge in [0.15, 0.2) is 0 Å². The molecule has 94 valence electrons. The van der Waals surface area contributed by atoms with Crippen LogP contribution in [0.2, 0.25) is 0 Å².